The van der Waals surface area contributed by atoms with Gasteiger partial charge < -0.3 is 14.8 Å². The monoisotopic (exact) mass is 423 g/mol. The van der Waals surface area contributed by atoms with Gasteiger partial charge in [0.05, 0.1) is 32.4 Å². The number of methoxy groups -OCH3 is 1. The van der Waals surface area contributed by atoms with Crippen LogP contribution in [-0.2, 0) is 16.1 Å². The molecule has 31 heavy (non-hydrogen) atoms. The van der Waals surface area contributed by atoms with E-state index in [9.17, 15) is 4.79 Å². The summed E-state index contributed by atoms with van der Waals surface area (Å²) in [4.78, 5) is 17.9. The van der Waals surface area contributed by atoms with E-state index < -0.39 is 0 Å². The number of amides is 1. The van der Waals surface area contributed by atoms with Crippen molar-refractivity contribution >= 4 is 5.91 Å². The smallest absolute Gasteiger partial charge is 0.237 e. The molecule has 2 aromatic rings. The van der Waals surface area contributed by atoms with Gasteiger partial charge in [0.25, 0.3) is 0 Å². The van der Waals surface area contributed by atoms with Gasteiger partial charge in [-0.25, -0.2) is 0 Å². The van der Waals surface area contributed by atoms with Crippen LogP contribution in [0.3, 0.4) is 0 Å². The summed E-state index contributed by atoms with van der Waals surface area (Å²) in [5.74, 6) is 0.983. The molecule has 2 aliphatic heterocycles. The number of hydrogen-bond donors (Lipinski definition) is 1. The standard InChI is InChI=1S/C25H33N3O3/c1-30-22-11-9-21(10-12-22)24(27-14-16-31-17-15-27)18-26-25(29)23-8-5-13-28(23)19-20-6-3-2-4-7-20/h2-4,6-7,9-12,23-24H,5,8,13-19H2,1H3,(H,26,29). The third-order valence-corrected chi connectivity index (χ3v) is 6.35. The lowest BCUT2D eigenvalue weighted by atomic mass is 10.0. The molecule has 6 nitrogen and oxygen atoms in total. The van der Waals surface area contributed by atoms with Crippen LogP contribution in [-0.4, -0.2) is 68.3 Å². The number of carbonyl (C=O) groups is 1. The number of hydrogen-bond acceptors (Lipinski definition) is 5. The van der Waals surface area contributed by atoms with Gasteiger partial charge in [-0.2, -0.15) is 0 Å². The summed E-state index contributed by atoms with van der Waals surface area (Å²) in [7, 11) is 1.68. The van der Waals surface area contributed by atoms with Gasteiger partial charge in [0.15, 0.2) is 0 Å². The van der Waals surface area contributed by atoms with Gasteiger partial charge >= 0.3 is 0 Å². The van der Waals surface area contributed by atoms with Crippen LogP contribution < -0.4 is 10.1 Å². The van der Waals surface area contributed by atoms with Gasteiger partial charge in [-0.1, -0.05) is 42.5 Å². The maximum absolute atomic E-state index is 13.1. The van der Waals surface area contributed by atoms with Gasteiger partial charge in [-0.3, -0.25) is 14.6 Å². The first kappa shape index (κ1) is 21.8. The van der Waals surface area contributed by atoms with E-state index in [1.54, 1.807) is 7.11 Å². The minimum atomic E-state index is -0.0542. The largest absolute Gasteiger partial charge is 0.497 e. The zero-order valence-electron chi connectivity index (χ0n) is 18.3. The van der Waals surface area contributed by atoms with Crippen molar-refractivity contribution in [2.24, 2.45) is 0 Å². The summed E-state index contributed by atoms with van der Waals surface area (Å²) >= 11 is 0. The van der Waals surface area contributed by atoms with Crippen molar-refractivity contribution in [1.29, 1.82) is 0 Å². The van der Waals surface area contributed by atoms with Crippen molar-refractivity contribution < 1.29 is 14.3 Å². The molecule has 0 aliphatic carbocycles. The summed E-state index contributed by atoms with van der Waals surface area (Å²) in [6, 6.07) is 18.7. The quantitative estimate of drug-likeness (QED) is 0.708. The van der Waals surface area contributed by atoms with E-state index in [4.69, 9.17) is 9.47 Å². The number of rotatable bonds is 8. The summed E-state index contributed by atoms with van der Waals surface area (Å²) in [5, 5.41) is 3.27. The zero-order chi connectivity index (χ0) is 21.5. The number of ether oxygens (including phenoxy) is 2. The van der Waals surface area contributed by atoms with Crippen molar-refractivity contribution in [3.05, 3.63) is 65.7 Å². The minimum Gasteiger partial charge on any atom is -0.497 e. The molecule has 2 aromatic carbocycles. The van der Waals surface area contributed by atoms with Crippen LogP contribution in [0.15, 0.2) is 54.6 Å². The third kappa shape index (κ3) is 5.64. The van der Waals surface area contributed by atoms with Gasteiger partial charge in [0.2, 0.25) is 5.91 Å². The Bertz CT molecular complexity index is 822. The van der Waals surface area contributed by atoms with Gasteiger partial charge in [0, 0.05) is 26.2 Å². The van der Waals surface area contributed by atoms with Crippen LogP contribution in [0.25, 0.3) is 0 Å². The normalized spacial score (nSPS) is 21.0. The topological polar surface area (TPSA) is 54.0 Å². The predicted molar refractivity (Wildman–Crippen MR) is 121 cm³/mol. The maximum atomic E-state index is 13.1. The van der Waals surface area contributed by atoms with Crippen LogP contribution >= 0.6 is 0 Å². The number of carbonyl (C=O) groups excluding carboxylic acids is 1. The molecule has 2 aliphatic rings. The van der Waals surface area contributed by atoms with E-state index in [2.05, 4.69) is 51.5 Å². The average Bonchev–Trinajstić information content (AvgIpc) is 3.29. The molecule has 0 saturated carbocycles. The number of likely N-dealkylation sites (tertiary alicyclic amines) is 1. The van der Waals surface area contributed by atoms with Crippen LogP contribution in [0.5, 0.6) is 5.75 Å². The van der Waals surface area contributed by atoms with Crippen LogP contribution in [0.2, 0.25) is 0 Å². The fraction of sp³-hybridized carbons (Fsp3) is 0.480. The minimum absolute atomic E-state index is 0.0542. The highest BCUT2D eigenvalue weighted by molar-refractivity contribution is 5.82. The second-order valence-electron chi connectivity index (χ2n) is 8.30. The van der Waals surface area contributed by atoms with E-state index in [0.29, 0.717) is 6.54 Å². The number of benzene rings is 2. The lowest BCUT2D eigenvalue weighted by Gasteiger charge is -2.35. The predicted octanol–water partition coefficient (Wildman–Crippen LogP) is 2.85. The van der Waals surface area contributed by atoms with E-state index in [0.717, 1.165) is 58.0 Å². The highest BCUT2D eigenvalue weighted by atomic mass is 16.5. The van der Waals surface area contributed by atoms with Crippen LogP contribution in [0.1, 0.15) is 30.0 Å². The first-order valence-corrected chi connectivity index (χ1v) is 11.3. The molecule has 6 heteroatoms. The highest BCUT2D eigenvalue weighted by Gasteiger charge is 2.31. The Kier molecular flexibility index (Phi) is 7.57. The first-order valence-electron chi connectivity index (χ1n) is 11.3. The average molecular weight is 424 g/mol. The molecule has 2 atom stereocenters. The van der Waals surface area contributed by atoms with Crippen molar-refractivity contribution in [1.82, 2.24) is 15.1 Å². The Hall–Kier alpha value is -2.41. The summed E-state index contributed by atoms with van der Waals surface area (Å²) in [5.41, 5.74) is 2.45. The molecule has 1 amide bonds. The van der Waals surface area contributed by atoms with Crippen LogP contribution in [0.4, 0.5) is 0 Å². The Labute approximate surface area is 185 Å². The Morgan fingerprint density at radius 3 is 2.55 bits per heavy atom. The van der Waals surface area contributed by atoms with Crippen molar-refractivity contribution in [2.45, 2.75) is 31.5 Å². The van der Waals surface area contributed by atoms with E-state index >= 15 is 0 Å². The third-order valence-electron chi connectivity index (χ3n) is 6.35. The number of morpholine rings is 1. The van der Waals surface area contributed by atoms with Gasteiger partial charge in [-0.15, -0.1) is 0 Å². The van der Waals surface area contributed by atoms with Gasteiger partial charge in [-0.05, 0) is 42.6 Å². The molecule has 2 fully saturated rings. The second-order valence-corrected chi connectivity index (χ2v) is 8.30. The Balaban J connectivity index is 1.41. The fourth-order valence-electron chi connectivity index (χ4n) is 4.62. The molecule has 2 unspecified atom stereocenters. The van der Waals surface area contributed by atoms with E-state index in [1.807, 2.05) is 18.2 Å². The molecular weight excluding hydrogens is 390 g/mol. The maximum Gasteiger partial charge on any atom is 0.237 e. The summed E-state index contributed by atoms with van der Waals surface area (Å²) < 4.78 is 10.9. The molecule has 4 rings (SSSR count). The molecule has 0 bridgehead atoms. The Morgan fingerprint density at radius 2 is 1.84 bits per heavy atom. The lowest BCUT2D eigenvalue weighted by Crippen LogP contribution is -2.47. The zero-order valence-corrected chi connectivity index (χ0v) is 18.3. The molecule has 0 aromatic heterocycles. The van der Waals surface area contributed by atoms with Crippen LogP contribution in [0, 0.1) is 0 Å². The fourth-order valence-corrected chi connectivity index (χ4v) is 4.62. The molecule has 2 heterocycles. The second kappa shape index (κ2) is 10.8. The first-order chi connectivity index (χ1) is 15.2. The Morgan fingerprint density at radius 1 is 1.10 bits per heavy atom. The molecule has 166 valence electrons. The molecule has 1 N–H and O–H groups in total. The molecule has 2 saturated heterocycles. The van der Waals surface area contributed by atoms with E-state index in [1.165, 1.54) is 11.1 Å². The van der Waals surface area contributed by atoms with E-state index in [-0.39, 0.29) is 18.0 Å². The molecule has 0 radical (unpaired) electrons. The van der Waals surface area contributed by atoms with Gasteiger partial charge in [0.1, 0.15) is 5.75 Å². The summed E-state index contributed by atoms with van der Waals surface area (Å²) in [6.45, 7) is 5.60. The molecule has 0 spiro atoms. The summed E-state index contributed by atoms with van der Waals surface area (Å²) in [6.07, 6.45) is 1.99. The molecular formula is C25H33N3O3. The lowest BCUT2D eigenvalue weighted by molar-refractivity contribution is -0.126. The SMILES string of the molecule is COc1ccc(C(CNC(=O)C2CCCN2Cc2ccccc2)N2CCOCC2)cc1. The van der Waals surface area contributed by atoms with Crippen molar-refractivity contribution in [3.8, 4) is 5.75 Å². The number of nitrogens with zero attached hydrogens (tertiary/aromatic N) is 2. The highest BCUT2D eigenvalue weighted by Crippen LogP contribution is 2.25. The van der Waals surface area contributed by atoms with Crippen molar-refractivity contribution in [3.63, 3.8) is 0 Å². The number of nitrogens with one attached hydrogen (secondary N) is 1. The van der Waals surface area contributed by atoms with Crippen molar-refractivity contribution in [2.75, 3.05) is 46.5 Å².